The summed E-state index contributed by atoms with van der Waals surface area (Å²) in [6, 6.07) is 11.5. The highest BCUT2D eigenvalue weighted by atomic mass is 16.5. The predicted molar refractivity (Wildman–Crippen MR) is 130 cm³/mol. The van der Waals surface area contributed by atoms with Gasteiger partial charge < -0.3 is 20.1 Å². The van der Waals surface area contributed by atoms with Gasteiger partial charge in [0.05, 0.1) is 18.1 Å². The molecule has 1 aromatic rings. The molecule has 33 heavy (non-hydrogen) atoms. The fourth-order valence-corrected chi connectivity index (χ4v) is 6.39. The molecule has 0 unspecified atom stereocenters. The van der Waals surface area contributed by atoms with Crippen LogP contribution in [0.5, 0.6) is 0 Å². The van der Waals surface area contributed by atoms with Crippen LogP contribution in [0.15, 0.2) is 30.3 Å². The Balaban J connectivity index is 1.17. The number of rotatable bonds is 10. The fraction of sp³-hybridized carbons (Fsp3) is 0.750. The van der Waals surface area contributed by atoms with Crippen molar-refractivity contribution in [3.63, 3.8) is 0 Å². The van der Waals surface area contributed by atoms with Crippen molar-refractivity contribution in [2.24, 2.45) is 10.8 Å². The van der Waals surface area contributed by atoms with Gasteiger partial charge in [0.1, 0.15) is 0 Å². The molecule has 4 aliphatic rings. The van der Waals surface area contributed by atoms with E-state index in [4.69, 9.17) is 4.74 Å². The highest BCUT2D eigenvalue weighted by molar-refractivity contribution is 5.76. The molecule has 0 bridgehead atoms. The number of piperidine rings is 1. The fourth-order valence-electron chi connectivity index (χ4n) is 6.39. The lowest BCUT2D eigenvalue weighted by atomic mass is 9.68. The van der Waals surface area contributed by atoms with Crippen LogP contribution in [0.4, 0.5) is 0 Å². The summed E-state index contributed by atoms with van der Waals surface area (Å²) < 4.78 is 6.54. The van der Waals surface area contributed by atoms with Gasteiger partial charge in [-0.05, 0) is 63.6 Å². The van der Waals surface area contributed by atoms with E-state index < -0.39 is 11.4 Å². The van der Waals surface area contributed by atoms with E-state index in [2.05, 4.69) is 40.5 Å². The number of nitrogens with one attached hydrogen (secondary N) is 1. The van der Waals surface area contributed by atoms with Crippen molar-refractivity contribution < 1.29 is 14.6 Å². The molecule has 0 amide bonds. The van der Waals surface area contributed by atoms with E-state index >= 15 is 0 Å². The first-order valence-electron chi connectivity index (χ1n) is 13.4. The van der Waals surface area contributed by atoms with Gasteiger partial charge in [-0.15, -0.1) is 0 Å². The number of aliphatic carboxylic acids is 1. The minimum Gasteiger partial charge on any atom is -0.481 e. The van der Waals surface area contributed by atoms with E-state index in [1.54, 1.807) is 0 Å². The lowest BCUT2D eigenvalue weighted by molar-refractivity contribution is -0.157. The second-order valence-electron chi connectivity index (χ2n) is 11.5. The van der Waals surface area contributed by atoms with Gasteiger partial charge in [0.25, 0.3) is 0 Å². The second kappa shape index (κ2) is 10.1. The molecule has 5 nitrogen and oxygen atoms in total. The number of carboxylic acids is 1. The second-order valence-corrected chi connectivity index (χ2v) is 11.5. The topological polar surface area (TPSA) is 61.8 Å². The average molecular weight is 455 g/mol. The Hall–Kier alpha value is -1.43. The number of carbonyl (C=O) groups is 1. The van der Waals surface area contributed by atoms with Gasteiger partial charge in [0.2, 0.25) is 0 Å². The van der Waals surface area contributed by atoms with Gasteiger partial charge in [0.15, 0.2) is 0 Å². The summed E-state index contributed by atoms with van der Waals surface area (Å²) in [5.41, 5.74) is 1.15. The Morgan fingerprint density at radius 1 is 1.03 bits per heavy atom. The molecule has 1 aliphatic heterocycles. The molecule has 0 spiro atoms. The van der Waals surface area contributed by atoms with Gasteiger partial charge in [-0.25, -0.2) is 0 Å². The maximum Gasteiger partial charge on any atom is 0.310 e. The molecule has 0 aromatic heterocycles. The maximum absolute atomic E-state index is 11.9. The minimum atomic E-state index is -0.589. The molecule has 5 rings (SSSR count). The van der Waals surface area contributed by atoms with Crippen LogP contribution in [-0.2, 0) is 9.53 Å². The van der Waals surface area contributed by atoms with Crippen LogP contribution < -0.4 is 5.32 Å². The number of likely N-dealkylation sites (tertiary alicyclic amines) is 1. The lowest BCUT2D eigenvalue weighted by Gasteiger charge is -2.47. The van der Waals surface area contributed by atoms with Gasteiger partial charge in [-0.1, -0.05) is 56.0 Å². The molecule has 1 heterocycles. The summed E-state index contributed by atoms with van der Waals surface area (Å²) in [4.78, 5) is 14.3. The van der Waals surface area contributed by atoms with Crippen molar-refractivity contribution in [3.05, 3.63) is 35.9 Å². The van der Waals surface area contributed by atoms with Crippen molar-refractivity contribution in [1.29, 1.82) is 0 Å². The summed E-state index contributed by atoms with van der Waals surface area (Å²) in [6.45, 7) is 4.60. The van der Waals surface area contributed by atoms with Crippen LogP contribution >= 0.6 is 0 Å². The van der Waals surface area contributed by atoms with Crippen LogP contribution in [-0.4, -0.2) is 60.9 Å². The zero-order valence-electron chi connectivity index (χ0n) is 20.1. The third-order valence-corrected chi connectivity index (χ3v) is 9.14. The first kappa shape index (κ1) is 23.3. The summed E-state index contributed by atoms with van der Waals surface area (Å²) in [7, 11) is 0. The highest BCUT2D eigenvalue weighted by Crippen LogP contribution is 2.44. The van der Waals surface area contributed by atoms with Gasteiger partial charge in [-0.3, -0.25) is 4.79 Å². The Morgan fingerprint density at radius 3 is 2.39 bits per heavy atom. The number of benzene rings is 1. The van der Waals surface area contributed by atoms with Gasteiger partial charge in [0, 0.05) is 30.5 Å². The third-order valence-electron chi connectivity index (χ3n) is 9.14. The van der Waals surface area contributed by atoms with Gasteiger partial charge >= 0.3 is 5.97 Å². The van der Waals surface area contributed by atoms with Crippen molar-refractivity contribution in [2.75, 3.05) is 32.8 Å². The van der Waals surface area contributed by atoms with E-state index in [-0.39, 0.29) is 5.41 Å². The molecule has 182 valence electrons. The quantitative estimate of drug-likeness (QED) is 0.531. The zero-order valence-corrected chi connectivity index (χ0v) is 20.1. The number of hydrogen-bond donors (Lipinski definition) is 2. The van der Waals surface area contributed by atoms with Crippen molar-refractivity contribution >= 4 is 5.97 Å². The van der Waals surface area contributed by atoms with Gasteiger partial charge in [-0.2, -0.15) is 0 Å². The van der Waals surface area contributed by atoms with E-state index in [0.717, 1.165) is 64.9 Å². The summed E-state index contributed by atoms with van der Waals surface area (Å²) in [5, 5.41) is 13.7. The average Bonchev–Trinajstić information content (AvgIpc) is 3.61. The third kappa shape index (κ3) is 5.47. The van der Waals surface area contributed by atoms with E-state index in [1.807, 2.05) is 0 Å². The molecule has 4 fully saturated rings. The van der Waals surface area contributed by atoms with E-state index in [1.165, 1.54) is 44.1 Å². The predicted octanol–water partition coefficient (Wildman–Crippen LogP) is 4.82. The molecule has 0 radical (unpaired) electrons. The molecule has 1 saturated heterocycles. The molecule has 2 N–H and O–H groups in total. The van der Waals surface area contributed by atoms with Crippen LogP contribution in [0.1, 0.15) is 82.1 Å². The molecule has 5 heteroatoms. The SMILES string of the molecule is O=C(O)C1(CN2CCC(CN[C@@H]3C[C@H]3c3ccccc3)(COC3CCCCC3)CC2)CCC1. The maximum atomic E-state index is 11.9. The van der Waals surface area contributed by atoms with Crippen LogP contribution in [0, 0.1) is 10.8 Å². The normalized spacial score (nSPS) is 29.3. The summed E-state index contributed by atoms with van der Waals surface area (Å²) in [6.07, 6.45) is 13.0. The van der Waals surface area contributed by atoms with Crippen LogP contribution in [0.3, 0.4) is 0 Å². The molecule has 3 aliphatic carbocycles. The van der Waals surface area contributed by atoms with Crippen LogP contribution in [0.25, 0.3) is 0 Å². The Morgan fingerprint density at radius 2 is 1.76 bits per heavy atom. The molecular formula is C28H42N2O3. The first-order chi connectivity index (χ1) is 16.1. The summed E-state index contributed by atoms with van der Waals surface area (Å²) in [5.74, 6) is 0.0604. The monoisotopic (exact) mass is 454 g/mol. The molecule has 3 saturated carbocycles. The van der Waals surface area contributed by atoms with Crippen molar-refractivity contribution in [3.8, 4) is 0 Å². The Labute approximate surface area is 199 Å². The van der Waals surface area contributed by atoms with E-state index in [9.17, 15) is 9.90 Å². The zero-order chi connectivity index (χ0) is 22.7. The number of nitrogens with zero attached hydrogens (tertiary/aromatic N) is 1. The van der Waals surface area contributed by atoms with Crippen molar-refractivity contribution in [2.45, 2.75) is 88.7 Å². The Bertz CT molecular complexity index is 780. The molecule has 2 atom stereocenters. The first-order valence-corrected chi connectivity index (χ1v) is 13.4. The minimum absolute atomic E-state index is 0.174. The Kier molecular flexibility index (Phi) is 7.10. The largest absolute Gasteiger partial charge is 0.481 e. The highest BCUT2D eigenvalue weighted by Gasteiger charge is 2.47. The standard InChI is InChI=1S/C28H42N2O3/c31-26(32)28(12-7-13-28)20-30-16-14-27(15-17-30,21-33-23-10-5-2-6-11-23)19-29-25-18-24(25)22-8-3-1-4-9-22/h1,3-4,8-9,23-25,29H,2,5-7,10-21H2,(H,31,32)/t24-,25+/m0/s1. The molecule has 1 aromatic carbocycles. The van der Waals surface area contributed by atoms with E-state index in [0.29, 0.717) is 18.1 Å². The van der Waals surface area contributed by atoms with Crippen LogP contribution in [0.2, 0.25) is 0 Å². The number of ether oxygens (including phenoxy) is 1. The molecular weight excluding hydrogens is 412 g/mol. The number of carboxylic acid groups (broad SMARTS) is 1. The lowest BCUT2D eigenvalue weighted by Crippen LogP contribution is -2.53. The summed E-state index contributed by atoms with van der Waals surface area (Å²) >= 11 is 0. The number of hydrogen-bond acceptors (Lipinski definition) is 4. The van der Waals surface area contributed by atoms with Crippen molar-refractivity contribution in [1.82, 2.24) is 10.2 Å². The smallest absolute Gasteiger partial charge is 0.310 e.